The maximum atomic E-state index is 13.7. The lowest BCUT2D eigenvalue weighted by atomic mass is 10.0. The number of carbonyl (C=O) groups is 2. The normalized spacial score (nSPS) is 27.7. The van der Waals surface area contributed by atoms with Crippen molar-refractivity contribution >= 4 is 11.9 Å². The molecule has 0 amide bonds. The Morgan fingerprint density at radius 3 is 1.83 bits per heavy atom. The molecule has 12 heteroatoms. The van der Waals surface area contributed by atoms with Crippen LogP contribution in [0.25, 0.3) is 0 Å². The second-order valence-corrected chi connectivity index (χ2v) is 4.99. The predicted molar refractivity (Wildman–Crippen MR) is 61.5 cm³/mol. The van der Waals surface area contributed by atoms with E-state index in [1.165, 1.54) is 0 Å². The van der Waals surface area contributed by atoms with Gasteiger partial charge in [-0.25, -0.2) is 0 Å². The number of rotatable bonds is 0. The third-order valence-corrected chi connectivity index (χ3v) is 3.05. The molecule has 0 aromatic heterocycles. The van der Waals surface area contributed by atoms with E-state index in [9.17, 15) is 35.9 Å². The smallest absolute Gasteiger partial charge is 0.382 e. The van der Waals surface area contributed by atoms with Crippen molar-refractivity contribution in [2.24, 2.45) is 11.5 Å². The van der Waals surface area contributed by atoms with Crippen molar-refractivity contribution in [2.75, 3.05) is 6.61 Å². The van der Waals surface area contributed by atoms with Crippen LogP contribution in [0.3, 0.4) is 0 Å². The first-order valence-electron chi connectivity index (χ1n) is 6.33. The fourth-order valence-electron chi connectivity index (χ4n) is 1.65. The fraction of sp³-hybridized carbons (Fsp3) is 0.818. The van der Waals surface area contributed by atoms with Crippen molar-refractivity contribution in [1.29, 1.82) is 0 Å². The van der Waals surface area contributed by atoms with E-state index in [2.05, 4.69) is 20.9 Å². The molecule has 134 valence electrons. The monoisotopic (exact) mass is 352 g/mol. The number of nitrogens with two attached hydrogens (primary N) is 2. The molecule has 0 saturated carbocycles. The lowest BCUT2D eigenvalue weighted by Gasteiger charge is -2.39. The summed E-state index contributed by atoms with van der Waals surface area (Å²) in [5.74, 6) is -24.5. The summed E-state index contributed by atoms with van der Waals surface area (Å²) >= 11 is 0. The largest absolute Gasteiger partial charge is 0.459 e. The van der Waals surface area contributed by atoms with Crippen molar-refractivity contribution in [3.8, 4) is 0 Å². The van der Waals surface area contributed by atoms with Crippen molar-refractivity contribution in [1.82, 2.24) is 0 Å². The minimum Gasteiger partial charge on any atom is -0.459 e. The first-order valence-corrected chi connectivity index (χ1v) is 6.33. The van der Waals surface area contributed by atoms with Gasteiger partial charge in [-0.3, -0.25) is 21.1 Å². The summed E-state index contributed by atoms with van der Waals surface area (Å²) in [7, 11) is 0. The first-order chi connectivity index (χ1) is 10.2. The average Bonchev–Trinajstić information content (AvgIpc) is 2.39. The molecule has 6 nitrogen and oxygen atoms in total. The van der Waals surface area contributed by atoms with Gasteiger partial charge in [0.2, 0.25) is 0 Å². The third kappa shape index (κ3) is 3.68. The zero-order chi connectivity index (χ0) is 18.1. The Bertz CT molecular complexity index is 483. The zero-order valence-electron chi connectivity index (χ0n) is 11.6. The quantitative estimate of drug-likeness (QED) is 0.385. The van der Waals surface area contributed by atoms with Crippen LogP contribution in [0.2, 0.25) is 0 Å². The number of hydrogen-bond acceptors (Lipinski definition) is 6. The van der Waals surface area contributed by atoms with E-state index in [0.717, 1.165) is 0 Å². The molecular formula is C11H14F6N2O4. The topological polar surface area (TPSA) is 105 Å². The van der Waals surface area contributed by atoms with E-state index in [0.29, 0.717) is 0 Å². The lowest BCUT2D eigenvalue weighted by molar-refractivity contribution is -0.359. The Morgan fingerprint density at radius 2 is 1.30 bits per heavy atom. The maximum absolute atomic E-state index is 13.7. The Labute approximate surface area is 126 Å². The average molecular weight is 352 g/mol. The van der Waals surface area contributed by atoms with Crippen LogP contribution in [0, 0.1) is 0 Å². The van der Waals surface area contributed by atoms with Gasteiger partial charge in [0.05, 0.1) is 0 Å². The third-order valence-electron chi connectivity index (χ3n) is 3.05. The highest BCUT2D eigenvalue weighted by atomic mass is 19.3. The van der Waals surface area contributed by atoms with Crippen molar-refractivity contribution < 1.29 is 45.4 Å². The molecule has 1 fully saturated rings. The second kappa shape index (κ2) is 6.15. The molecule has 0 aromatic carbocycles. The molecule has 1 aliphatic rings. The molecule has 1 heterocycles. The summed E-state index contributed by atoms with van der Waals surface area (Å²) in [6, 6.07) is 0. The molecule has 23 heavy (non-hydrogen) atoms. The number of cyclic esters (lactones) is 2. The Balaban J connectivity index is 3.25. The molecule has 1 rings (SSSR count). The molecule has 0 aromatic rings. The van der Waals surface area contributed by atoms with Crippen LogP contribution in [0.4, 0.5) is 26.3 Å². The van der Waals surface area contributed by atoms with E-state index in [1.54, 1.807) is 0 Å². The van der Waals surface area contributed by atoms with Crippen LogP contribution in [0.15, 0.2) is 0 Å². The van der Waals surface area contributed by atoms with Gasteiger partial charge in [0.1, 0.15) is 0 Å². The molecule has 4 N–H and O–H groups in total. The van der Waals surface area contributed by atoms with Gasteiger partial charge in [0.15, 0.2) is 6.61 Å². The van der Waals surface area contributed by atoms with Crippen LogP contribution >= 0.6 is 0 Å². The molecule has 0 spiro atoms. The van der Waals surface area contributed by atoms with Crippen LogP contribution in [-0.4, -0.2) is 42.2 Å². The molecule has 0 bridgehead atoms. The number of halogens is 6. The van der Waals surface area contributed by atoms with Gasteiger partial charge in [0.25, 0.3) is 5.85 Å². The highest BCUT2D eigenvalue weighted by molar-refractivity contribution is 5.71. The summed E-state index contributed by atoms with van der Waals surface area (Å²) in [6.45, 7) is -2.31. The summed E-state index contributed by atoms with van der Waals surface area (Å²) in [5.41, 5.74) is 9.31. The Kier molecular flexibility index (Phi) is 5.21. The highest BCUT2D eigenvalue weighted by Gasteiger charge is 2.79. The molecular weight excluding hydrogens is 338 g/mol. The van der Waals surface area contributed by atoms with Gasteiger partial charge >= 0.3 is 29.7 Å². The van der Waals surface area contributed by atoms with E-state index >= 15 is 0 Å². The minimum absolute atomic E-state index is 0.0472. The predicted octanol–water partition coefficient (Wildman–Crippen LogP) is 1.12. The molecule has 0 unspecified atom stereocenters. The Hall–Kier alpha value is -1.56. The number of carbonyl (C=O) groups excluding carboxylic acids is 2. The number of esters is 2. The molecule has 0 atom stereocenters. The number of hydrogen-bond donors (Lipinski definition) is 2. The van der Waals surface area contributed by atoms with E-state index in [-0.39, 0.29) is 12.8 Å². The van der Waals surface area contributed by atoms with Gasteiger partial charge in [-0.05, 0) is 12.8 Å². The summed E-state index contributed by atoms with van der Waals surface area (Å²) < 4.78 is 89.1. The number of ether oxygens (including phenoxy) is 2. The van der Waals surface area contributed by atoms with E-state index < -0.39 is 55.0 Å². The fourth-order valence-corrected chi connectivity index (χ4v) is 1.65. The molecule has 1 saturated heterocycles. The van der Waals surface area contributed by atoms with Crippen molar-refractivity contribution in [2.45, 2.75) is 49.3 Å². The zero-order valence-corrected chi connectivity index (χ0v) is 11.6. The van der Waals surface area contributed by atoms with Gasteiger partial charge in [-0.15, -0.1) is 0 Å². The van der Waals surface area contributed by atoms with Gasteiger partial charge in [0, 0.05) is 12.8 Å². The van der Waals surface area contributed by atoms with Crippen molar-refractivity contribution in [3.05, 3.63) is 0 Å². The van der Waals surface area contributed by atoms with Gasteiger partial charge in [-0.1, -0.05) is 0 Å². The minimum atomic E-state index is -6.15. The number of alkyl halides is 6. The molecule has 0 radical (unpaired) electrons. The standard InChI is InChI=1S/C11H14F6N2O4/c12-8(13)5-22-6(20)3-1-2-4-7(21)23-11(18,19)10(16,17)9(8,14)15/h1-5,18-19H2. The summed E-state index contributed by atoms with van der Waals surface area (Å²) in [4.78, 5) is 22.4. The van der Waals surface area contributed by atoms with Crippen LogP contribution in [-0.2, 0) is 19.1 Å². The second-order valence-electron chi connectivity index (χ2n) is 4.99. The van der Waals surface area contributed by atoms with Gasteiger partial charge in [-0.2, -0.15) is 26.3 Å². The Morgan fingerprint density at radius 1 is 0.826 bits per heavy atom. The van der Waals surface area contributed by atoms with Crippen molar-refractivity contribution in [3.63, 3.8) is 0 Å². The van der Waals surface area contributed by atoms with Crippen LogP contribution < -0.4 is 11.5 Å². The SMILES string of the molecule is NC1(N)OC(=O)CCCCC(=O)OCC(F)(F)C(F)(F)C1(F)F. The summed E-state index contributed by atoms with van der Waals surface area (Å²) in [5, 5.41) is 0. The summed E-state index contributed by atoms with van der Waals surface area (Å²) in [6.07, 6.45) is -1.18. The molecule has 0 aliphatic carbocycles. The van der Waals surface area contributed by atoms with E-state index in [1.807, 2.05) is 0 Å². The van der Waals surface area contributed by atoms with Crippen LogP contribution in [0.1, 0.15) is 25.7 Å². The molecule has 1 aliphatic heterocycles. The lowest BCUT2D eigenvalue weighted by Crippen LogP contribution is -2.75. The highest BCUT2D eigenvalue weighted by Crippen LogP contribution is 2.49. The van der Waals surface area contributed by atoms with Crippen LogP contribution in [0.5, 0.6) is 0 Å². The first kappa shape index (κ1) is 19.5. The van der Waals surface area contributed by atoms with E-state index in [4.69, 9.17) is 0 Å². The van der Waals surface area contributed by atoms with Gasteiger partial charge < -0.3 is 9.47 Å². The maximum Gasteiger partial charge on any atom is 0.382 e.